The first-order valence-electron chi connectivity index (χ1n) is 9.20. The van der Waals surface area contributed by atoms with E-state index in [1.807, 2.05) is 6.92 Å². The summed E-state index contributed by atoms with van der Waals surface area (Å²) in [5, 5.41) is 6.33. The van der Waals surface area contributed by atoms with Crippen molar-refractivity contribution in [3.8, 4) is 11.3 Å². The highest BCUT2D eigenvalue weighted by Gasteiger charge is 2.12. The van der Waals surface area contributed by atoms with Crippen LogP contribution in [0.4, 0.5) is 22.0 Å². The van der Waals surface area contributed by atoms with Gasteiger partial charge in [-0.25, -0.2) is 14.4 Å². The lowest BCUT2D eigenvalue weighted by atomic mass is 10.1. The second kappa shape index (κ2) is 8.48. The van der Waals surface area contributed by atoms with Gasteiger partial charge in [0.15, 0.2) is 0 Å². The fraction of sp³-hybridized carbons (Fsp3) is 0.0952. The summed E-state index contributed by atoms with van der Waals surface area (Å²) in [6.45, 7) is 1.93. The number of H-pyrrole nitrogens is 1. The zero-order chi connectivity index (χ0) is 20.9. The molecule has 30 heavy (non-hydrogen) atoms. The quantitative estimate of drug-likeness (QED) is 0.451. The predicted molar refractivity (Wildman–Crippen MR) is 112 cm³/mol. The van der Waals surface area contributed by atoms with Crippen molar-refractivity contribution >= 4 is 17.6 Å². The maximum Gasteiger partial charge on any atom is 0.247 e. The summed E-state index contributed by atoms with van der Waals surface area (Å²) in [6.07, 6.45) is 6.32. The van der Waals surface area contributed by atoms with Crippen LogP contribution in [0.1, 0.15) is 18.5 Å². The molecule has 0 saturated carbocycles. The van der Waals surface area contributed by atoms with Crippen LogP contribution in [0.25, 0.3) is 11.3 Å². The van der Waals surface area contributed by atoms with E-state index in [4.69, 9.17) is 0 Å². The lowest BCUT2D eigenvalue weighted by molar-refractivity contribution is 0.626. The molecule has 150 valence electrons. The number of hydrogen-bond donors (Lipinski definition) is 3. The lowest BCUT2D eigenvalue weighted by Crippen LogP contribution is -2.11. The molecule has 0 aliphatic heterocycles. The van der Waals surface area contributed by atoms with Gasteiger partial charge in [0.25, 0.3) is 0 Å². The van der Waals surface area contributed by atoms with Gasteiger partial charge in [-0.05, 0) is 30.7 Å². The standard InChI is InChI=1S/C21H18FN7O/c1-13(14-2-5-16(22)6-3-14)26-21-27-17(15-4-7-20(30)25-11-15)10-18(29-21)28-19-12-23-8-9-24-19/h2-13H,1H3,(H,25,30)(H2,24,26,27,28,29)/t13-/m0/s1. The normalized spacial score (nSPS) is 11.7. The summed E-state index contributed by atoms with van der Waals surface area (Å²) < 4.78 is 13.2. The van der Waals surface area contributed by atoms with Crippen LogP contribution < -0.4 is 16.2 Å². The van der Waals surface area contributed by atoms with Crippen molar-refractivity contribution in [3.63, 3.8) is 0 Å². The molecule has 4 aromatic rings. The molecule has 4 rings (SSSR count). The van der Waals surface area contributed by atoms with Gasteiger partial charge in [-0.3, -0.25) is 9.78 Å². The van der Waals surface area contributed by atoms with Crippen molar-refractivity contribution in [2.45, 2.75) is 13.0 Å². The molecule has 0 fully saturated rings. The number of anilines is 3. The summed E-state index contributed by atoms with van der Waals surface area (Å²) in [5.74, 6) is 1.10. The van der Waals surface area contributed by atoms with Crippen LogP contribution in [0.2, 0.25) is 0 Å². The highest BCUT2D eigenvalue weighted by Crippen LogP contribution is 2.24. The largest absolute Gasteiger partial charge is 0.348 e. The van der Waals surface area contributed by atoms with Gasteiger partial charge in [-0.2, -0.15) is 4.98 Å². The first-order chi connectivity index (χ1) is 14.6. The number of nitrogens with zero attached hydrogens (tertiary/aromatic N) is 4. The fourth-order valence-corrected chi connectivity index (χ4v) is 2.82. The summed E-state index contributed by atoms with van der Waals surface area (Å²) in [6, 6.07) is 10.9. The first-order valence-corrected chi connectivity index (χ1v) is 9.20. The van der Waals surface area contributed by atoms with E-state index in [0.29, 0.717) is 23.3 Å². The van der Waals surface area contributed by atoms with Gasteiger partial charge in [-0.15, -0.1) is 0 Å². The highest BCUT2D eigenvalue weighted by molar-refractivity contribution is 5.65. The van der Waals surface area contributed by atoms with Crippen LogP contribution in [0.5, 0.6) is 0 Å². The Morgan fingerprint density at radius 1 is 1.03 bits per heavy atom. The maximum absolute atomic E-state index is 13.2. The molecule has 0 unspecified atom stereocenters. The van der Waals surface area contributed by atoms with Crippen LogP contribution in [0, 0.1) is 5.82 Å². The van der Waals surface area contributed by atoms with E-state index < -0.39 is 0 Å². The SMILES string of the molecule is C[C@H](Nc1nc(Nc2cnccn2)cc(-c2ccc(=O)[nH]c2)n1)c1ccc(F)cc1. The van der Waals surface area contributed by atoms with Crippen molar-refractivity contribution in [1.82, 2.24) is 24.9 Å². The third-order valence-electron chi connectivity index (χ3n) is 4.34. The van der Waals surface area contributed by atoms with E-state index in [9.17, 15) is 9.18 Å². The molecule has 0 amide bonds. The highest BCUT2D eigenvalue weighted by atomic mass is 19.1. The Morgan fingerprint density at radius 2 is 1.87 bits per heavy atom. The number of hydrogen-bond acceptors (Lipinski definition) is 7. The lowest BCUT2D eigenvalue weighted by Gasteiger charge is -2.16. The Bertz CT molecular complexity index is 1180. The van der Waals surface area contributed by atoms with Crippen molar-refractivity contribution < 1.29 is 4.39 Å². The van der Waals surface area contributed by atoms with Crippen LogP contribution in [-0.4, -0.2) is 24.9 Å². The van der Waals surface area contributed by atoms with Crippen molar-refractivity contribution in [2.75, 3.05) is 10.6 Å². The maximum atomic E-state index is 13.2. The summed E-state index contributed by atoms with van der Waals surface area (Å²) in [5.41, 5.74) is 2.00. The van der Waals surface area contributed by atoms with Crippen molar-refractivity contribution in [3.05, 3.63) is 89.0 Å². The number of aromatic amines is 1. The molecular weight excluding hydrogens is 385 g/mol. The minimum atomic E-state index is -0.294. The van der Waals surface area contributed by atoms with E-state index in [-0.39, 0.29) is 17.4 Å². The van der Waals surface area contributed by atoms with Gasteiger partial charge in [0, 0.05) is 36.3 Å². The number of rotatable bonds is 6. The van der Waals surface area contributed by atoms with E-state index in [1.165, 1.54) is 18.2 Å². The fourth-order valence-electron chi connectivity index (χ4n) is 2.82. The minimum absolute atomic E-state index is 0.166. The van der Waals surface area contributed by atoms with Crippen LogP contribution in [-0.2, 0) is 0 Å². The molecule has 0 spiro atoms. The van der Waals surface area contributed by atoms with E-state index in [0.717, 1.165) is 11.1 Å². The number of pyridine rings is 1. The average molecular weight is 403 g/mol. The zero-order valence-corrected chi connectivity index (χ0v) is 16.0. The van der Waals surface area contributed by atoms with Crippen molar-refractivity contribution in [1.29, 1.82) is 0 Å². The molecule has 3 aromatic heterocycles. The molecule has 3 heterocycles. The van der Waals surface area contributed by atoms with Crippen LogP contribution >= 0.6 is 0 Å². The molecule has 0 bridgehead atoms. The van der Waals surface area contributed by atoms with Gasteiger partial charge < -0.3 is 15.6 Å². The zero-order valence-electron chi connectivity index (χ0n) is 16.0. The number of benzene rings is 1. The monoisotopic (exact) mass is 403 g/mol. The topological polar surface area (TPSA) is 108 Å². The molecule has 0 radical (unpaired) electrons. The van der Waals surface area contributed by atoms with Gasteiger partial charge in [0.2, 0.25) is 11.5 Å². The number of nitrogens with one attached hydrogen (secondary N) is 3. The molecule has 1 aromatic carbocycles. The predicted octanol–water partition coefficient (Wildman–Crippen LogP) is 3.68. The third kappa shape index (κ3) is 4.64. The number of halogens is 1. The van der Waals surface area contributed by atoms with Gasteiger partial charge in [-0.1, -0.05) is 12.1 Å². The summed E-state index contributed by atoms with van der Waals surface area (Å²) in [7, 11) is 0. The second-order valence-corrected chi connectivity index (χ2v) is 6.54. The Morgan fingerprint density at radius 3 is 2.57 bits per heavy atom. The van der Waals surface area contributed by atoms with E-state index in [1.54, 1.807) is 49.1 Å². The Kier molecular flexibility index (Phi) is 5.42. The molecule has 3 N–H and O–H groups in total. The molecule has 0 aliphatic rings. The smallest absolute Gasteiger partial charge is 0.247 e. The minimum Gasteiger partial charge on any atom is -0.348 e. The molecular formula is C21H18FN7O. The molecule has 9 heteroatoms. The van der Waals surface area contributed by atoms with Crippen LogP contribution in [0.3, 0.4) is 0 Å². The Labute approximate surface area is 171 Å². The Hall–Kier alpha value is -4.14. The van der Waals surface area contributed by atoms with Crippen LogP contribution in [0.15, 0.2) is 72.0 Å². The van der Waals surface area contributed by atoms with Gasteiger partial charge >= 0.3 is 0 Å². The summed E-state index contributed by atoms with van der Waals surface area (Å²) >= 11 is 0. The van der Waals surface area contributed by atoms with Gasteiger partial charge in [0.05, 0.1) is 17.9 Å². The average Bonchev–Trinajstić information content (AvgIpc) is 2.75. The molecule has 0 saturated heterocycles. The van der Waals surface area contributed by atoms with Gasteiger partial charge in [0.1, 0.15) is 17.5 Å². The molecule has 0 aliphatic carbocycles. The second-order valence-electron chi connectivity index (χ2n) is 6.54. The first kappa shape index (κ1) is 19.2. The molecule has 1 atom stereocenters. The molecule has 8 nitrogen and oxygen atoms in total. The van der Waals surface area contributed by atoms with Crippen molar-refractivity contribution in [2.24, 2.45) is 0 Å². The number of aromatic nitrogens is 5. The van der Waals surface area contributed by atoms with E-state index >= 15 is 0 Å². The summed E-state index contributed by atoms with van der Waals surface area (Å²) in [4.78, 5) is 31.3. The Balaban J connectivity index is 1.68. The van der Waals surface area contributed by atoms with E-state index in [2.05, 4.69) is 35.6 Å². The third-order valence-corrected chi connectivity index (χ3v) is 4.34.